The molecule has 19 heteroatoms. The summed E-state index contributed by atoms with van der Waals surface area (Å²) in [5.41, 5.74) is 2.86. The average Bonchev–Trinajstić information content (AvgIpc) is 3.95. The quantitative estimate of drug-likeness (QED) is 0.0506. The molecule has 0 fully saturated rings. The van der Waals surface area contributed by atoms with Gasteiger partial charge in [0.2, 0.25) is 5.91 Å². The number of amides is 3. The molecule has 2 aromatic rings. The van der Waals surface area contributed by atoms with Gasteiger partial charge in [-0.2, -0.15) is 0 Å². The highest BCUT2D eigenvalue weighted by Crippen LogP contribution is 2.40. The topological polar surface area (TPSA) is 175 Å². The first-order chi connectivity index (χ1) is 28.2. The first kappa shape index (κ1) is 46.6. The van der Waals surface area contributed by atoms with E-state index in [0.29, 0.717) is 59.6 Å². The molecular weight excluding hydrogens is 819 g/mol. The van der Waals surface area contributed by atoms with Crippen LogP contribution in [0.25, 0.3) is 6.08 Å². The first-order valence-electron chi connectivity index (χ1n) is 20.3. The van der Waals surface area contributed by atoms with Gasteiger partial charge >= 0.3 is 6.97 Å². The van der Waals surface area contributed by atoms with Gasteiger partial charge in [-0.05, 0) is 67.8 Å². The summed E-state index contributed by atoms with van der Waals surface area (Å²) in [4.78, 5) is 63.4. The van der Waals surface area contributed by atoms with Crippen LogP contribution in [0.5, 0.6) is 0 Å². The lowest BCUT2D eigenvalue weighted by Gasteiger charge is -2.32. The number of ether oxygens (including phenoxy) is 1. The lowest BCUT2D eigenvalue weighted by molar-refractivity contribution is -0.870. The summed E-state index contributed by atoms with van der Waals surface area (Å²) in [7, 11) is 1.34. The fourth-order valence-corrected chi connectivity index (χ4v) is 9.10. The van der Waals surface area contributed by atoms with Gasteiger partial charge < -0.3 is 36.7 Å². The molecule has 0 bridgehead atoms. The minimum atomic E-state index is -4.92. The number of imide groups is 1. The van der Waals surface area contributed by atoms with E-state index < -0.39 is 40.6 Å². The molecule has 3 aliphatic heterocycles. The number of nitrogens with zero attached hydrogens (tertiary/aromatic N) is 4. The number of allylic oxidation sites excluding steroid dienone is 2. The van der Waals surface area contributed by atoms with E-state index in [1.54, 1.807) is 19.1 Å². The smallest absolute Gasteiger partial charge is 0.737 e. The third-order valence-corrected chi connectivity index (χ3v) is 12.3. The minimum Gasteiger partial charge on any atom is -0.748 e. The van der Waals surface area contributed by atoms with Crippen molar-refractivity contribution in [3.05, 3.63) is 74.9 Å². The van der Waals surface area contributed by atoms with Gasteiger partial charge in [-0.25, -0.2) is 8.42 Å². The average molecular weight is 874 g/mol. The van der Waals surface area contributed by atoms with Gasteiger partial charge in [-0.1, -0.05) is 12.5 Å². The normalized spacial score (nSPS) is 16.6. The molecule has 5 rings (SSSR count). The van der Waals surface area contributed by atoms with Gasteiger partial charge in [0.1, 0.15) is 11.8 Å². The first-order valence-corrected chi connectivity index (χ1v) is 22.8. The molecule has 60 heavy (non-hydrogen) atoms. The minimum absolute atomic E-state index is 0.00883. The number of unbranched alkanes of at least 4 members (excludes halogenated alkanes) is 2. The third-order valence-electron chi connectivity index (χ3n) is 10.6. The maximum Gasteiger partial charge on any atom is 0.737 e. The Hall–Kier alpha value is -4.43. The molecule has 0 saturated carbocycles. The Kier molecular flexibility index (Phi) is 15.5. The van der Waals surface area contributed by atoms with Crippen LogP contribution in [0.15, 0.2) is 53.1 Å². The van der Waals surface area contributed by atoms with E-state index in [4.69, 9.17) is 4.74 Å². The van der Waals surface area contributed by atoms with Crippen LogP contribution in [0.2, 0.25) is 0 Å². The van der Waals surface area contributed by atoms with Crippen LogP contribution >= 0.6 is 11.3 Å². The molecule has 2 aromatic heterocycles. The monoisotopic (exact) mass is 873 g/mol. The molecule has 0 spiro atoms. The van der Waals surface area contributed by atoms with E-state index in [2.05, 4.69) is 26.5 Å². The number of quaternary nitrogens is 1. The molecule has 0 aliphatic carbocycles. The van der Waals surface area contributed by atoms with Crippen molar-refractivity contribution in [1.82, 2.24) is 14.7 Å². The standard InChI is InChI=1S/C41H54BF2N5O9S2/c1-29-25-31(47-34(29)27-35-30(11-8-21-49(2,3)4)26-36(38-15-10-24-59-38)48(35)42(47,43)44)16-17-39(52)45-33(28-60(55,56)57)37(51)14-7-5-6-12-32(50)13-9-22-58-23-20-46-40(53)18-19-41(46)54/h10,15,18-19,24-27,33H,5-9,11-14,16-17,20-23,28H2,1-4H3,(H-,45,52,55,56,57). The molecule has 0 radical (unpaired) electrons. The molecule has 1 atom stereocenters. The fraction of sp³-hybridized carbons (Fsp3) is 0.512. The highest BCUT2D eigenvalue weighted by molar-refractivity contribution is 7.85. The van der Waals surface area contributed by atoms with E-state index in [1.165, 1.54) is 23.5 Å². The van der Waals surface area contributed by atoms with Crippen LogP contribution in [-0.4, -0.2) is 133 Å². The molecule has 326 valence electrons. The Balaban J connectivity index is 1.12. The summed E-state index contributed by atoms with van der Waals surface area (Å²) in [5, 5.41) is 4.21. The Morgan fingerprint density at radius 2 is 1.67 bits per heavy atom. The van der Waals surface area contributed by atoms with Crippen molar-refractivity contribution >= 4 is 69.5 Å². The lowest BCUT2D eigenvalue weighted by atomic mass is 9.88. The van der Waals surface area contributed by atoms with Crippen LogP contribution in [0.4, 0.5) is 8.63 Å². The SMILES string of the molecule is Cc1cc(CCC(=O)NC(CS(=O)(=O)[O-])C(=O)CCCCCC(=O)CCCOCCN2C(=O)C=CC2=O)n2c1C=C1C(CCC[N+](C)(C)C)=CC(c3cccs3)=[N+]1[B-]2(F)F. The number of thiophene rings is 1. The van der Waals surface area contributed by atoms with E-state index in [-0.39, 0.29) is 75.2 Å². The molecule has 3 amide bonds. The van der Waals surface area contributed by atoms with Crippen molar-refractivity contribution in [1.29, 1.82) is 0 Å². The highest BCUT2D eigenvalue weighted by atomic mass is 32.2. The molecule has 14 nitrogen and oxygen atoms in total. The fourth-order valence-electron chi connectivity index (χ4n) is 7.68. The number of hydrogen-bond acceptors (Lipinski definition) is 10. The molecule has 0 saturated heterocycles. The zero-order chi connectivity index (χ0) is 43.8. The number of carbonyl (C=O) groups is 5. The van der Waals surface area contributed by atoms with Crippen molar-refractivity contribution in [3.8, 4) is 0 Å². The second kappa shape index (κ2) is 20.0. The number of hydrogen-bond donors (Lipinski definition) is 1. The van der Waals surface area contributed by atoms with Gasteiger partial charge in [0.05, 0.1) is 61.6 Å². The predicted octanol–water partition coefficient (Wildman–Crippen LogP) is 4.14. The van der Waals surface area contributed by atoms with E-state index >= 15 is 8.63 Å². The molecule has 5 heterocycles. The summed E-state index contributed by atoms with van der Waals surface area (Å²) >= 11 is 1.37. The van der Waals surface area contributed by atoms with Crippen LogP contribution in [-0.2, 0) is 45.2 Å². The summed E-state index contributed by atoms with van der Waals surface area (Å²) in [6.45, 7) is -1.23. The predicted molar refractivity (Wildman–Crippen MR) is 223 cm³/mol. The van der Waals surface area contributed by atoms with Crippen LogP contribution < -0.4 is 5.32 Å². The molecule has 1 unspecified atom stereocenters. The number of Topliss-reactive ketones (excluding diaryl/α,β-unsaturated/α-hetero) is 2. The number of aryl methyl sites for hydroxylation is 2. The van der Waals surface area contributed by atoms with Crippen molar-refractivity contribution in [3.63, 3.8) is 0 Å². The Labute approximate surface area is 354 Å². The number of fused-ring (bicyclic) bond motifs is 2. The molecule has 1 N–H and O–H groups in total. The highest BCUT2D eigenvalue weighted by Gasteiger charge is 2.54. The largest absolute Gasteiger partial charge is 0.748 e. The summed E-state index contributed by atoms with van der Waals surface area (Å²) in [6, 6.07) is 3.65. The summed E-state index contributed by atoms with van der Waals surface area (Å²) in [5.74, 6) is -3.34. The van der Waals surface area contributed by atoms with Gasteiger partial charge in [0.25, 0.3) is 11.8 Å². The zero-order valence-corrected chi connectivity index (χ0v) is 36.3. The van der Waals surface area contributed by atoms with Crippen molar-refractivity contribution in [2.45, 2.75) is 83.6 Å². The zero-order valence-electron chi connectivity index (χ0n) is 34.6. The Morgan fingerprint density at radius 1 is 0.967 bits per heavy atom. The van der Waals surface area contributed by atoms with E-state index in [1.807, 2.05) is 23.6 Å². The lowest BCUT2D eigenvalue weighted by Crippen LogP contribution is -2.51. The van der Waals surface area contributed by atoms with Gasteiger partial charge in [0, 0.05) is 74.3 Å². The van der Waals surface area contributed by atoms with Gasteiger partial charge in [-0.3, -0.25) is 28.9 Å². The number of halogens is 2. The van der Waals surface area contributed by atoms with E-state index in [9.17, 15) is 36.9 Å². The summed E-state index contributed by atoms with van der Waals surface area (Å²) in [6.07, 6.45) is 9.04. The second-order valence-electron chi connectivity index (χ2n) is 16.5. The number of aromatic nitrogens is 1. The number of carbonyl (C=O) groups excluding carboxylic acids is 5. The van der Waals surface area contributed by atoms with Crippen LogP contribution in [0.3, 0.4) is 0 Å². The van der Waals surface area contributed by atoms with Gasteiger partial charge in [0.15, 0.2) is 17.2 Å². The van der Waals surface area contributed by atoms with E-state index in [0.717, 1.165) is 36.9 Å². The van der Waals surface area contributed by atoms with Crippen LogP contribution in [0.1, 0.15) is 86.0 Å². The second-order valence-corrected chi connectivity index (χ2v) is 18.9. The van der Waals surface area contributed by atoms with Crippen molar-refractivity contribution in [2.75, 3.05) is 53.2 Å². The number of nitrogens with one attached hydrogen (secondary N) is 1. The molecule has 0 aromatic carbocycles. The number of rotatable bonds is 25. The Morgan fingerprint density at radius 3 is 2.33 bits per heavy atom. The Bertz CT molecular complexity index is 2190. The van der Waals surface area contributed by atoms with Crippen LogP contribution in [0, 0.1) is 6.92 Å². The summed E-state index contributed by atoms with van der Waals surface area (Å²) < 4.78 is 77.3. The van der Waals surface area contributed by atoms with Crippen molar-refractivity contribution in [2.24, 2.45) is 0 Å². The molecular formula is C41H54BF2N5O9S2. The maximum absolute atomic E-state index is 16.9. The number of ketones is 2. The van der Waals surface area contributed by atoms with Crippen molar-refractivity contribution < 1.29 is 59.3 Å². The van der Waals surface area contributed by atoms with Gasteiger partial charge in [-0.15, -0.1) is 11.3 Å². The molecule has 3 aliphatic rings. The maximum atomic E-state index is 16.9. The third kappa shape index (κ3) is 12.3.